The van der Waals surface area contributed by atoms with Crippen LogP contribution in [0.5, 0.6) is 5.75 Å². The molecule has 2 rings (SSSR count). The van der Waals surface area contributed by atoms with Gasteiger partial charge in [-0.1, -0.05) is 13.0 Å². The van der Waals surface area contributed by atoms with Crippen molar-refractivity contribution in [3.63, 3.8) is 0 Å². The van der Waals surface area contributed by atoms with Gasteiger partial charge < -0.3 is 4.74 Å². The Bertz CT molecular complexity index is 789. The summed E-state index contributed by atoms with van der Waals surface area (Å²) in [5, 5.41) is 0. The van der Waals surface area contributed by atoms with Crippen molar-refractivity contribution in [3.05, 3.63) is 53.9 Å². The molecular formula is C16H17F3N2O3S. The van der Waals surface area contributed by atoms with Crippen molar-refractivity contribution in [2.45, 2.75) is 25.3 Å². The number of alkyl halides is 3. The minimum absolute atomic E-state index is 0.193. The van der Waals surface area contributed by atoms with Crippen LogP contribution in [0.2, 0.25) is 0 Å². The number of anilines is 1. The first kappa shape index (κ1) is 19.0. The molecule has 136 valence electrons. The zero-order chi connectivity index (χ0) is 18.5. The second kappa shape index (κ2) is 7.73. The van der Waals surface area contributed by atoms with Crippen molar-refractivity contribution >= 4 is 15.7 Å². The molecule has 1 aromatic carbocycles. The number of rotatable bonds is 7. The molecule has 0 saturated carbocycles. The van der Waals surface area contributed by atoms with Gasteiger partial charge in [0.05, 0.1) is 6.61 Å². The van der Waals surface area contributed by atoms with Gasteiger partial charge in [0.1, 0.15) is 5.75 Å². The molecule has 0 aliphatic rings. The number of ether oxygens (including phenoxy) is 1. The molecule has 0 bridgehead atoms. The van der Waals surface area contributed by atoms with Gasteiger partial charge in [-0.2, -0.15) is 21.6 Å². The molecule has 9 heteroatoms. The molecule has 1 N–H and O–H groups in total. The molecule has 0 aliphatic heterocycles. The average molecular weight is 374 g/mol. The highest BCUT2D eigenvalue weighted by Crippen LogP contribution is 2.26. The van der Waals surface area contributed by atoms with Gasteiger partial charge in [-0.15, -0.1) is 0 Å². The third kappa shape index (κ3) is 5.35. The fourth-order valence-electron chi connectivity index (χ4n) is 1.92. The van der Waals surface area contributed by atoms with E-state index < -0.39 is 15.5 Å². The van der Waals surface area contributed by atoms with Gasteiger partial charge >= 0.3 is 15.5 Å². The molecule has 25 heavy (non-hydrogen) atoms. The molecule has 2 aromatic rings. The summed E-state index contributed by atoms with van der Waals surface area (Å²) in [5.41, 5.74) is -3.54. The highest BCUT2D eigenvalue weighted by atomic mass is 32.2. The molecule has 1 heterocycles. The maximum absolute atomic E-state index is 12.3. The molecule has 0 saturated heterocycles. The summed E-state index contributed by atoms with van der Waals surface area (Å²) in [7, 11) is -5.42. The van der Waals surface area contributed by atoms with Crippen LogP contribution in [0.15, 0.2) is 42.6 Å². The van der Waals surface area contributed by atoms with Crippen LogP contribution in [0.3, 0.4) is 0 Å². The molecule has 0 radical (unpaired) electrons. The van der Waals surface area contributed by atoms with Gasteiger partial charge in [0, 0.05) is 24.0 Å². The van der Waals surface area contributed by atoms with E-state index in [1.165, 1.54) is 29.0 Å². The molecule has 0 spiro atoms. The minimum Gasteiger partial charge on any atom is -0.493 e. The molecule has 0 aliphatic carbocycles. The molecule has 0 fully saturated rings. The minimum atomic E-state index is -5.42. The fourth-order valence-corrected chi connectivity index (χ4v) is 2.48. The second-order valence-corrected chi connectivity index (χ2v) is 6.86. The van der Waals surface area contributed by atoms with Crippen LogP contribution in [0, 0.1) is 0 Å². The van der Waals surface area contributed by atoms with E-state index in [2.05, 4.69) is 4.98 Å². The number of nitrogens with zero attached hydrogens (tertiary/aromatic N) is 1. The molecule has 5 nitrogen and oxygen atoms in total. The number of aryl methyl sites for hydroxylation is 1. The van der Waals surface area contributed by atoms with Crippen LogP contribution in [-0.2, 0) is 22.9 Å². The second-order valence-electron chi connectivity index (χ2n) is 5.19. The smallest absolute Gasteiger partial charge is 0.493 e. The van der Waals surface area contributed by atoms with Gasteiger partial charge in [0.2, 0.25) is 0 Å². The Kier molecular flexibility index (Phi) is 5.89. The van der Waals surface area contributed by atoms with Crippen LogP contribution in [0.25, 0.3) is 0 Å². The Labute approximate surface area is 143 Å². The number of hydrogen-bond acceptors (Lipinski definition) is 4. The normalized spacial score (nSPS) is 12.0. The Morgan fingerprint density at radius 3 is 2.32 bits per heavy atom. The summed E-state index contributed by atoms with van der Waals surface area (Å²) in [6, 6.07) is 9.09. The van der Waals surface area contributed by atoms with E-state index in [1.807, 2.05) is 19.1 Å². The molecule has 0 amide bonds. The summed E-state index contributed by atoms with van der Waals surface area (Å²) in [6.07, 6.45) is 3.29. The van der Waals surface area contributed by atoms with Crippen LogP contribution in [0.4, 0.5) is 18.9 Å². The maximum Gasteiger partial charge on any atom is 0.516 e. The number of aromatic nitrogens is 1. The van der Waals surface area contributed by atoms with E-state index in [0.717, 1.165) is 17.7 Å². The van der Waals surface area contributed by atoms with Crippen molar-refractivity contribution in [2.75, 3.05) is 11.3 Å². The summed E-state index contributed by atoms with van der Waals surface area (Å²) >= 11 is 0. The van der Waals surface area contributed by atoms with E-state index in [9.17, 15) is 21.6 Å². The Balaban J connectivity index is 1.88. The molecular weight excluding hydrogens is 357 g/mol. The molecule has 0 atom stereocenters. The first-order valence-corrected chi connectivity index (χ1v) is 8.95. The standard InChI is InChI=1S/C16H17F3N2O3S/c1-2-12-3-4-13(20-11-12)9-10-24-15-7-5-14(6-8-15)21-25(22,23)16(17,18)19/h3-8,11,21H,2,9-10H2,1H3. The Hall–Kier alpha value is -2.29. The van der Waals surface area contributed by atoms with Crippen molar-refractivity contribution in [2.24, 2.45) is 0 Å². The first-order valence-electron chi connectivity index (χ1n) is 7.47. The van der Waals surface area contributed by atoms with Gasteiger partial charge in [-0.3, -0.25) is 9.71 Å². The number of halogens is 3. The van der Waals surface area contributed by atoms with Crippen LogP contribution < -0.4 is 9.46 Å². The first-order chi connectivity index (χ1) is 11.7. The van der Waals surface area contributed by atoms with E-state index >= 15 is 0 Å². The predicted octanol–water partition coefficient (Wildman–Crippen LogP) is 3.53. The lowest BCUT2D eigenvalue weighted by Gasteiger charge is -2.11. The van der Waals surface area contributed by atoms with Crippen molar-refractivity contribution in [3.8, 4) is 5.75 Å². The topological polar surface area (TPSA) is 68.3 Å². The van der Waals surface area contributed by atoms with Gasteiger partial charge in [-0.25, -0.2) is 0 Å². The maximum atomic E-state index is 12.3. The molecule has 0 unspecified atom stereocenters. The average Bonchev–Trinajstić information content (AvgIpc) is 2.56. The van der Waals surface area contributed by atoms with Gasteiger partial charge in [0.15, 0.2) is 0 Å². The fraction of sp³-hybridized carbons (Fsp3) is 0.312. The number of benzene rings is 1. The Morgan fingerprint density at radius 1 is 1.12 bits per heavy atom. The lowest BCUT2D eigenvalue weighted by atomic mass is 10.2. The van der Waals surface area contributed by atoms with E-state index in [4.69, 9.17) is 4.74 Å². The van der Waals surface area contributed by atoms with Crippen LogP contribution >= 0.6 is 0 Å². The number of pyridine rings is 1. The number of nitrogens with one attached hydrogen (secondary N) is 1. The lowest BCUT2D eigenvalue weighted by Crippen LogP contribution is -2.29. The summed E-state index contributed by atoms with van der Waals surface area (Å²) < 4.78 is 65.8. The third-order valence-corrected chi connectivity index (χ3v) is 4.45. The van der Waals surface area contributed by atoms with Gasteiger partial charge in [-0.05, 0) is 42.3 Å². The van der Waals surface area contributed by atoms with Crippen molar-refractivity contribution < 1.29 is 26.3 Å². The quantitative estimate of drug-likeness (QED) is 0.805. The van der Waals surface area contributed by atoms with E-state index in [1.54, 1.807) is 6.20 Å². The summed E-state index contributed by atoms with van der Waals surface area (Å²) in [4.78, 5) is 4.29. The van der Waals surface area contributed by atoms with Crippen LogP contribution in [-0.4, -0.2) is 25.5 Å². The van der Waals surface area contributed by atoms with E-state index in [-0.39, 0.29) is 5.69 Å². The SMILES string of the molecule is CCc1ccc(CCOc2ccc(NS(=O)(=O)C(F)(F)F)cc2)nc1. The van der Waals surface area contributed by atoms with Crippen LogP contribution in [0.1, 0.15) is 18.2 Å². The monoisotopic (exact) mass is 374 g/mol. The third-order valence-electron chi connectivity index (χ3n) is 3.33. The molecule has 1 aromatic heterocycles. The zero-order valence-electron chi connectivity index (χ0n) is 13.4. The largest absolute Gasteiger partial charge is 0.516 e. The number of sulfonamides is 1. The number of hydrogen-bond donors (Lipinski definition) is 1. The lowest BCUT2D eigenvalue weighted by molar-refractivity contribution is -0.0429. The highest BCUT2D eigenvalue weighted by molar-refractivity contribution is 7.93. The summed E-state index contributed by atoms with van der Waals surface area (Å²) in [6.45, 7) is 2.38. The highest BCUT2D eigenvalue weighted by Gasteiger charge is 2.45. The zero-order valence-corrected chi connectivity index (χ0v) is 14.2. The van der Waals surface area contributed by atoms with Crippen molar-refractivity contribution in [1.82, 2.24) is 4.98 Å². The summed E-state index contributed by atoms with van der Waals surface area (Å²) in [5.74, 6) is 0.417. The van der Waals surface area contributed by atoms with E-state index in [0.29, 0.717) is 18.8 Å². The predicted molar refractivity (Wildman–Crippen MR) is 87.9 cm³/mol. The van der Waals surface area contributed by atoms with Gasteiger partial charge in [0.25, 0.3) is 0 Å². The Morgan fingerprint density at radius 2 is 1.80 bits per heavy atom. The van der Waals surface area contributed by atoms with Crippen molar-refractivity contribution in [1.29, 1.82) is 0 Å².